The van der Waals surface area contributed by atoms with Crippen molar-refractivity contribution >= 4 is 6.09 Å². The molecule has 0 bridgehead atoms. The summed E-state index contributed by atoms with van der Waals surface area (Å²) in [6.45, 7) is 1.43. The molecule has 156 valence electrons. The van der Waals surface area contributed by atoms with Gasteiger partial charge < -0.3 is 24.6 Å². The molecule has 1 aliphatic rings. The maximum atomic E-state index is 12.4. The number of hydrogen-bond donors (Lipinski definition) is 2. The molecule has 0 aromatic heterocycles. The third kappa shape index (κ3) is 7.85. The van der Waals surface area contributed by atoms with Crippen LogP contribution in [0.1, 0.15) is 30.4 Å². The summed E-state index contributed by atoms with van der Waals surface area (Å²) in [5.74, 6) is 0. The molecule has 1 heterocycles. The van der Waals surface area contributed by atoms with Crippen molar-refractivity contribution in [3.63, 3.8) is 0 Å². The van der Waals surface area contributed by atoms with E-state index in [0.29, 0.717) is 32.5 Å². The quantitative estimate of drug-likeness (QED) is 0.535. The Morgan fingerprint density at radius 3 is 2.28 bits per heavy atom. The molecular formula is C23H29NO5. The second-order valence-corrected chi connectivity index (χ2v) is 7.20. The van der Waals surface area contributed by atoms with Gasteiger partial charge in [-0.05, 0) is 30.4 Å². The maximum absolute atomic E-state index is 12.4. The zero-order valence-corrected chi connectivity index (χ0v) is 16.5. The lowest BCUT2D eigenvalue weighted by molar-refractivity contribution is 0.00130. The minimum atomic E-state index is -0.475. The second-order valence-electron chi connectivity index (χ2n) is 7.20. The molecule has 29 heavy (non-hydrogen) atoms. The molecular weight excluding hydrogens is 370 g/mol. The largest absolute Gasteiger partial charge is 0.445 e. The summed E-state index contributed by atoms with van der Waals surface area (Å²) in [7, 11) is 0. The van der Waals surface area contributed by atoms with Crippen LogP contribution in [-0.4, -0.2) is 42.7 Å². The first-order chi connectivity index (χ1) is 14.2. The number of alkyl carbamates (subject to hydrolysis) is 1. The molecule has 1 unspecified atom stereocenters. The number of epoxide rings is 1. The van der Waals surface area contributed by atoms with E-state index in [-0.39, 0.29) is 31.5 Å². The van der Waals surface area contributed by atoms with E-state index in [9.17, 15) is 9.90 Å². The molecule has 0 radical (unpaired) electrons. The molecule has 1 amide bonds. The summed E-state index contributed by atoms with van der Waals surface area (Å²) in [5, 5.41) is 12.2. The average molecular weight is 399 g/mol. The van der Waals surface area contributed by atoms with Crippen molar-refractivity contribution in [1.82, 2.24) is 5.32 Å². The van der Waals surface area contributed by atoms with Crippen LogP contribution in [0.4, 0.5) is 4.79 Å². The Hall–Kier alpha value is -2.41. The predicted octanol–water partition coefficient (Wildman–Crippen LogP) is 3.43. The van der Waals surface area contributed by atoms with Crippen LogP contribution in [0, 0.1) is 0 Å². The number of benzene rings is 2. The van der Waals surface area contributed by atoms with E-state index in [1.807, 2.05) is 60.7 Å². The Balaban J connectivity index is 1.58. The smallest absolute Gasteiger partial charge is 0.407 e. The number of carbonyl (C=O) groups is 1. The maximum Gasteiger partial charge on any atom is 0.407 e. The van der Waals surface area contributed by atoms with Crippen LogP contribution in [0.5, 0.6) is 0 Å². The summed E-state index contributed by atoms with van der Waals surface area (Å²) < 4.78 is 16.9. The fraction of sp³-hybridized carbons (Fsp3) is 0.435. The van der Waals surface area contributed by atoms with Crippen LogP contribution >= 0.6 is 0 Å². The fourth-order valence-corrected chi connectivity index (χ4v) is 3.18. The lowest BCUT2D eigenvalue weighted by Gasteiger charge is -2.28. The first kappa shape index (κ1) is 21.3. The zero-order chi connectivity index (χ0) is 20.3. The van der Waals surface area contributed by atoms with E-state index in [1.165, 1.54) is 0 Å². The van der Waals surface area contributed by atoms with Crippen molar-refractivity contribution < 1.29 is 24.1 Å². The Bertz CT molecular complexity index is 721. The number of aliphatic hydroxyl groups excluding tert-OH is 1. The zero-order valence-electron chi connectivity index (χ0n) is 16.5. The first-order valence-corrected chi connectivity index (χ1v) is 10.1. The number of rotatable bonds is 12. The van der Waals surface area contributed by atoms with Crippen LogP contribution in [0.3, 0.4) is 0 Å². The lowest BCUT2D eigenvalue weighted by Crippen LogP contribution is -2.45. The topological polar surface area (TPSA) is 80.3 Å². The molecule has 3 rings (SSSR count). The molecule has 0 spiro atoms. The molecule has 0 saturated carbocycles. The van der Waals surface area contributed by atoms with E-state index < -0.39 is 6.09 Å². The third-order valence-electron chi connectivity index (χ3n) is 4.84. The molecule has 2 aromatic rings. The Morgan fingerprint density at radius 2 is 1.69 bits per heavy atom. The van der Waals surface area contributed by atoms with Gasteiger partial charge in [0, 0.05) is 6.61 Å². The van der Waals surface area contributed by atoms with Gasteiger partial charge in [0.15, 0.2) is 0 Å². The van der Waals surface area contributed by atoms with Crippen LogP contribution in [0.2, 0.25) is 0 Å². The van der Waals surface area contributed by atoms with Crippen molar-refractivity contribution in [1.29, 1.82) is 0 Å². The van der Waals surface area contributed by atoms with Gasteiger partial charge >= 0.3 is 6.09 Å². The van der Waals surface area contributed by atoms with Gasteiger partial charge in [-0.2, -0.15) is 0 Å². The number of nitrogens with one attached hydrogen (secondary N) is 1. The minimum Gasteiger partial charge on any atom is -0.445 e. The predicted molar refractivity (Wildman–Crippen MR) is 109 cm³/mol. The highest BCUT2D eigenvalue weighted by atomic mass is 16.6. The molecule has 1 fully saturated rings. The van der Waals surface area contributed by atoms with Gasteiger partial charge in [0.2, 0.25) is 0 Å². The number of aliphatic hydroxyl groups is 1. The SMILES string of the molecule is O=C(N[C@@H](CC1CO1)[C@H](CCCO)OCc1ccccc1)OCc1ccccc1. The van der Waals surface area contributed by atoms with E-state index in [1.54, 1.807) is 0 Å². The van der Waals surface area contributed by atoms with Crippen molar-refractivity contribution in [3.8, 4) is 0 Å². The number of ether oxygens (including phenoxy) is 3. The summed E-state index contributed by atoms with van der Waals surface area (Å²) in [6.07, 6.45) is 1.31. The Morgan fingerprint density at radius 1 is 1.07 bits per heavy atom. The normalized spacial score (nSPS) is 17.3. The summed E-state index contributed by atoms with van der Waals surface area (Å²) >= 11 is 0. The standard InChI is InChI=1S/C23H29NO5/c25-13-7-12-22(28-15-18-8-3-1-4-9-18)21(14-20-17-27-20)24-23(26)29-16-19-10-5-2-6-11-19/h1-6,8-11,20-22,25H,7,12-17H2,(H,24,26)/t20?,21-,22-/m0/s1. The highest BCUT2D eigenvalue weighted by Gasteiger charge is 2.33. The number of carbonyl (C=O) groups excluding carboxylic acids is 1. The molecule has 3 atom stereocenters. The summed E-state index contributed by atoms with van der Waals surface area (Å²) in [6, 6.07) is 19.2. The van der Waals surface area contributed by atoms with Crippen LogP contribution in [-0.2, 0) is 27.4 Å². The Labute approximate surface area is 171 Å². The number of hydrogen-bond acceptors (Lipinski definition) is 5. The van der Waals surface area contributed by atoms with Crippen LogP contribution in [0.15, 0.2) is 60.7 Å². The van der Waals surface area contributed by atoms with Gasteiger partial charge in [-0.1, -0.05) is 60.7 Å². The molecule has 1 saturated heterocycles. The van der Waals surface area contributed by atoms with Crippen molar-refractivity contribution in [2.24, 2.45) is 0 Å². The third-order valence-corrected chi connectivity index (χ3v) is 4.84. The lowest BCUT2D eigenvalue weighted by atomic mass is 10.0. The molecule has 1 aliphatic heterocycles. The summed E-state index contributed by atoms with van der Waals surface area (Å²) in [4.78, 5) is 12.4. The molecule has 2 N–H and O–H groups in total. The van der Waals surface area contributed by atoms with Crippen molar-refractivity contribution in [3.05, 3.63) is 71.8 Å². The highest BCUT2D eigenvalue weighted by molar-refractivity contribution is 5.67. The summed E-state index contributed by atoms with van der Waals surface area (Å²) in [5.41, 5.74) is 2.00. The van der Waals surface area contributed by atoms with Gasteiger partial charge in [0.05, 0.1) is 31.5 Å². The molecule has 0 aliphatic carbocycles. The first-order valence-electron chi connectivity index (χ1n) is 10.1. The fourth-order valence-electron chi connectivity index (χ4n) is 3.18. The van der Waals surface area contributed by atoms with Crippen molar-refractivity contribution in [2.45, 2.75) is 50.7 Å². The van der Waals surface area contributed by atoms with Gasteiger partial charge in [-0.3, -0.25) is 0 Å². The average Bonchev–Trinajstić information content (AvgIpc) is 3.57. The Kier molecular flexibility index (Phi) is 8.49. The highest BCUT2D eigenvalue weighted by Crippen LogP contribution is 2.22. The monoisotopic (exact) mass is 399 g/mol. The second kappa shape index (κ2) is 11.6. The molecule has 6 heteroatoms. The van der Waals surface area contributed by atoms with Gasteiger partial charge in [-0.25, -0.2) is 4.79 Å². The van der Waals surface area contributed by atoms with E-state index in [0.717, 1.165) is 11.1 Å². The minimum absolute atomic E-state index is 0.0797. The van der Waals surface area contributed by atoms with Crippen LogP contribution in [0.25, 0.3) is 0 Å². The van der Waals surface area contributed by atoms with E-state index >= 15 is 0 Å². The molecule has 6 nitrogen and oxygen atoms in total. The van der Waals surface area contributed by atoms with Gasteiger partial charge in [-0.15, -0.1) is 0 Å². The van der Waals surface area contributed by atoms with Crippen LogP contribution < -0.4 is 5.32 Å². The molecule has 2 aromatic carbocycles. The number of amides is 1. The van der Waals surface area contributed by atoms with Gasteiger partial charge in [0.1, 0.15) is 6.61 Å². The van der Waals surface area contributed by atoms with Crippen molar-refractivity contribution in [2.75, 3.05) is 13.2 Å². The van der Waals surface area contributed by atoms with E-state index in [2.05, 4.69) is 5.32 Å². The van der Waals surface area contributed by atoms with E-state index in [4.69, 9.17) is 14.2 Å². The van der Waals surface area contributed by atoms with Gasteiger partial charge in [0.25, 0.3) is 0 Å².